The maximum Gasteiger partial charge on any atom is 0.202 e. The highest BCUT2D eigenvalue weighted by Crippen LogP contribution is 2.22. The second-order valence-electron chi connectivity index (χ2n) is 5.67. The molecule has 0 aliphatic carbocycles. The maximum absolute atomic E-state index is 12.4. The highest BCUT2D eigenvalue weighted by atomic mass is 16.5. The van der Waals surface area contributed by atoms with Crippen LogP contribution in [0, 0.1) is 0 Å². The third-order valence-corrected chi connectivity index (χ3v) is 3.86. The van der Waals surface area contributed by atoms with E-state index in [1.807, 2.05) is 18.2 Å². The standard InChI is InChI=1S/C21H15NO4/c23-21(15-5-2-1-3-6-15)16-8-10-18(11-9-16)25-14-17-13-20(26-22-17)19-7-4-12-24-19/h1-13H,14H2. The number of hydrogen-bond acceptors (Lipinski definition) is 5. The van der Waals surface area contributed by atoms with E-state index in [1.54, 1.807) is 60.9 Å². The normalized spacial score (nSPS) is 10.6. The molecule has 26 heavy (non-hydrogen) atoms. The average molecular weight is 345 g/mol. The summed E-state index contributed by atoms with van der Waals surface area (Å²) in [6.07, 6.45) is 1.58. The van der Waals surface area contributed by atoms with Crippen LogP contribution in [0.3, 0.4) is 0 Å². The van der Waals surface area contributed by atoms with Crippen LogP contribution >= 0.6 is 0 Å². The molecule has 4 rings (SSSR count). The van der Waals surface area contributed by atoms with Crippen LogP contribution in [-0.4, -0.2) is 10.9 Å². The molecule has 0 saturated carbocycles. The molecular formula is C21H15NO4. The topological polar surface area (TPSA) is 65.5 Å². The second kappa shape index (κ2) is 7.11. The Labute approximate surface area is 149 Å². The summed E-state index contributed by atoms with van der Waals surface area (Å²) in [4.78, 5) is 12.4. The zero-order chi connectivity index (χ0) is 17.8. The number of nitrogens with zero attached hydrogens (tertiary/aromatic N) is 1. The molecule has 0 fully saturated rings. The highest BCUT2D eigenvalue weighted by molar-refractivity contribution is 6.08. The molecule has 0 aliphatic heterocycles. The van der Waals surface area contributed by atoms with Gasteiger partial charge in [0.1, 0.15) is 18.1 Å². The Morgan fingerprint density at radius 3 is 2.38 bits per heavy atom. The Kier molecular flexibility index (Phi) is 4.35. The Balaban J connectivity index is 1.40. The van der Waals surface area contributed by atoms with Crippen molar-refractivity contribution in [1.29, 1.82) is 0 Å². The zero-order valence-corrected chi connectivity index (χ0v) is 13.8. The van der Waals surface area contributed by atoms with Crippen LogP contribution in [0.15, 0.2) is 88.0 Å². The number of benzene rings is 2. The number of carbonyl (C=O) groups is 1. The first-order valence-corrected chi connectivity index (χ1v) is 8.12. The predicted molar refractivity (Wildman–Crippen MR) is 94.9 cm³/mol. The molecule has 2 aromatic carbocycles. The summed E-state index contributed by atoms with van der Waals surface area (Å²) in [5.41, 5.74) is 1.93. The van der Waals surface area contributed by atoms with Crippen molar-refractivity contribution in [1.82, 2.24) is 5.16 Å². The van der Waals surface area contributed by atoms with Crippen LogP contribution in [0.1, 0.15) is 21.6 Å². The van der Waals surface area contributed by atoms with Crippen molar-refractivity contribution < 1.29 is 18.5 Å². The molecule has 0 spiro atoms. The van der Waals surface area contributed by atoms with Crippen LogP contribution in [-0.2, 0) is 6.61 Å². The molecule has 2 aromatic heterocycles. The summed E-state index contributed by atoms with van der Waals surface area (Å²) in [6.45, 7) is 0.260. The van der Waals surface area contributed by atoms with Crippen molar-refractivity contribution in [2.45, 2.75) is 6.61 Å². The number of furan rings is 1. The predicted octanol–water partition coefficient (Wildman–Crippen LogP) is 4.74. The van der Waals surface area contributed by atoms with Gasteiger partial charge in [-0.1, -0.05) is 35.5 Å². The van der Waals surface area contributed by atoms with E-state index in [0.717, 1.165) is 0 Å². The lowest BCUT2D eigenvalue weighted by Crippen LogP contribution is -2.01. The Bertz CT molecular complexity index is 986. The van der Waals surface area contributed by atoms with Gasteiger partial charge in [0.15, 0.2) is 11.5 Å². The minimum absolute atomic E-state index is 0.0169. The van der Waals surface area contributed by atoms with Gasteiger partial charge in [0.25, 0.3) is 0 Å². The van der Waals surface area contributed by atoms with Crippen molar-refractivity contribution in [2.24, 2.45) is 0 Å². The Morgan fingerprint density at radius 1 is 0.885 bits per heavy atom. The van der Waals surface area contributed by atoms with E-state index in [9.17, 15) is 4.79 Å². The first-order valence-electron chi connectivity index (χ1n) is 8.12. The highest BCUT2D eigenvalue weighted by Gasteiger charge is 2.11. The summed E-state index contributed by atoms with van der Waals surface area (Å²) in [7, 11) is 0. The Hall–Kier alpha value is -3.60. The number of ketones is 1. The summed E-state index contributed by atoms with van der Waals surface area (Å²) in [5.74, 6) is 1.80. The second-order valence-corrected chi connectivity index (χ2v) is 5.67. The van der Waals surface area contributed by atoms with Gasteiger partial charge < -0.3 is 13.7 Å². The van der Waals surface area contributed by atoms with Gasteiger partial charge in [0, 0.05) is 17.2 Å². The zero-order valence-electron chi connectivity index (χ0n) is 13.8. The SMILES string of the molecule is O=C(c1ccccc1)c1ccc(OCc2cc(-c3ccco3)on2)cc1. The van der Waals surface area contributed by atoms with Crippen LogP contribution in [0.5, 0.6) is 5.75 Å². The van der Waals surface area contributed by atoms with Gasteiger partial charge in [-0.3, -0.25) is 4.79 Å². The fourth-order valence-electron chi connectivity index (χ4n) is 2.53. The quantitative estimate of drug-likeness (QED) is 0.472. The van der Waals surface area contributed by atoms with E-state index in [4.69, 9.17) is 13.7 Å². The van der Waals surface area contributed by atoms with Crippen LogP contribution < -0.4 is 4.74 Å². The number of rotatable bonds is 6. The minimum atomic E-state index is -0.0169. The largest absolute Gasteiger partial charge is 0.487 e. The van der Waals surface area contributed by atoms with E-state index in [2.05, 4.69) is 5.16 Å². The molecule has 0 amide bonds. The van der Waals surface area contributed by atoms with Crippen molar-refractivity contribution >= 4 is 5.78 Å². The molecule has 0 saturated heterocycles. The van der Waals surface area contributed by atoms with Gasteiger partial charge in [-0.2, -0.15) is 0 Å². The number of aromatic nitrogens is 1. The van der Waals surface area contributed by atoms with Gasteiger partial charge >= 0.3 is 0 Å². The third kappa shape index (κ3) is 3.42. The molecule has 128 valence electrons. The van der Waals surface area contributed by atoms with Crippen molar-refractivity contribution in [3.05, 3.63) is 95.9 Å². The smallest absolute Gasteiger partial charge is 0.202 e. The molecule has 0 atom stereocenters. The van der Waals surface area contributed by atoms with Gasteiger partial charge in [0.2, 0.25) is 5.76 Å². The number of ether oxygens (including phenoxy) is 1. The minimum Gasteiger partial charge on any atom is -0.487 e. The van der Waals surface area contributed by atoms with Crippen molar-refractivity contribution in [3.8, 4) is 17.3 Å². The fraction of sp³-hybridized carbons (Fsp3) is 0.0476. The van der Waals surface area contributed by atoms with E-state index in [0.29, 0.717) is 34.1 Å². The molecule has 5 nitrogen and oxygen atoms in total. The van der Waals surface area contributed by atoms with E-state index in [1.165, 1.54) is 0 Å². The first kappa shape index (κ1) is 15.9. The third-order valence-electron chi connectivity index (χ3n) is 3.86. The summed E-state index contributed by atoms with van der Waals surface area (Å²) in [6, 6.07) is 21.6. The molecular weight excluding hydrogens is 330 g/mol. The maximum atomic E-state index is 12.4. The van der Waals surface area contributed by atoms with Crippen molar-refractivity contribution in [2.75, 3.05) is 0 Å². The van der Waals surface area contributed by atoms with Gasteiger partial charge in [-0.05, 0) is 36.4 Å². The summed E-state index contributed by atoms with van der Waals surface area (Å²) >= 11 is 0. The van der Waals surface area contributed by atoms with Gasteiger partial charge in [-0.25, -0.2) is 0 Å². The van der Waals surface area contributed by atoms with Crippen molar-refractivity contribution in [3.63, 3.8) is 0 Å². The average Bonchev–Trinajstić information content (AvgIpc) is 3.38. The summed E-state index contributed by atoms with van der Waals surface area (Å²) < 4.78 is 16.2. The monoisotopic (exact) mass is 345 g/mol. The number of carbonyl (C=O) groups excluding carboxylic acids is 1. The van der Waals surface area contributed by atoms with E-state index >= 15 is 0 Å². The first-order chi connectivity index (χ1) is 12.8. The fourth-order valence-corrected chi connectivity index (χ4v) is 2.53. The molecule has 5 heteroatoms. The molecule has 0 aliphatic rings. The molecule has 0 radical (unpaired) electrons. The van der Waals surface area contributed by atoms with E-state index < -0.39 is 0 Å². The molecule has 0 unspecified atom stereocenters. The summed E-state index contributed by atoms with van der Waals surface area (Å²) in [5, 5.41) is 3.96. The molecule has 0 bridgehead atoms. The van der Waals surface area contributed by atoms with Crippen LogP contribution in [0.25, 0.3) is 11.5 Å². The lowest BCUT2D eigenvalue weighted by atomic mass is 10.0. The van der Waals surface area contributed by atoms with Gasteiger partial charge in [-0.15, -0.1) is 0 Å². The lowest BCUT2D eigenvalue weighted by Gasteiger charge is -2.05. The lowest BCUT2D eigenvalue weighted by molar-refractivity contribution is 0.103. The molecule has 0 N–H and O–H groups in total. The molecule has 4 aromatic rings. The van der Waals surface area contributed by atoms with Gasteiger partial charge in [0.05, 0.1) is 6.26 Å². The number of hydrogen-bond donors (Lipinski definition) is 0. The van der Waals surface area contributed by atoms with E-state index in [-0.39, 0.29) is 12.4 Å². The molecule has 2 heterocycles. The van der Waals surface area contributed by atoms with Crippen LogP contribution in [0.4, 0.5) is 0 Å². The van der Waals surface area contributed by atoms with Crippen LogP contribution in [0.2, 0.25) is 0 Å². The Morgan fingerprint density at radius 2 is 1.65 bits per heavy atom.